The molecular weight excluding hydrogens is 232 g/mol. The molecule has 1 aromatic rings. The largest absolute Gasteiger partial charge is 0.361 e. The second kappa shape index (κ2) is 6.05. The van der Waals surface area contributed by atoms with Crippen LogP contribution in [0, 0.1) is 25.2 Å². The maximum Gasteiger partial charge on any atom is 0.0925 e. The van der Waals surface area contributed by atoms with Gasteiger partial charge in [-0.05, 0) is 56.2 Å². The summed E-state index contributed by atoms with van der Waals surface area (Å²) in [5, 5.41) is 7.66. The maximum absolute atomic E-state index is 7.66. The maximum atomic E-state index is 7.66. The van der Waals surface area contributed by atoms with Gasteiger partial charge in [-0.1, -0.05) is 30.4 Å². The zero-order valence-electron chi connectivity index (χ0n) is 12.2. The van der Waals surface area contributed by atoms with Crippen molar-refractivity contribution < 1.29 is 0 Å². The van der Waals surface area contributed by atoms with E-state index >= 15 is 0 Å². The number of amidine groups is 1. The van der Waals surface area contributed by atoms with Crippen LogP contribution in [0.25, 0.3) is 6.08 Å². The highest BCUT2D eigenvalue weighted by atomic mass is 15.2. The number of rotatable bonds is 2. The normalized spacial score (nSPS) is 17.1. The quantitative estimate of drug-likeness (QED) is 0.628. The Labute approximate surface area is 116 Å². The van der Waals surface area contributed by atoms with Crippen molar-refractivity contribution >= 4 is 11.9 Å². The molecule has 19 heavy (non-hydrogen) atoms. The van der Waals surface area contributed by atoms with Crippen LogP contribution in [0.15, 0.2) is 24.3 Å². The molecule has 0 bridgehead atoms. The van der Waals surface area contributed by atoms with E-state index in [-0.39, 0.29) is 0 Å². The molecule has 102 valence electrons. The molecule has 1 heterocycles. The first-order valence-electron chi connectivity index (χ1n) is 7.12. The molecule has 1 aliphatic heterocycles. The van der Waals surface area contributed by atoms with Gasteiger partial charge >= 0.3 is 0 Å². The molecule has 1 N–H and O–H groups in total. The summed E-state index contributed by atoms with van der Waals surface area (Å²) < 4.78 is 0. The summed E-state index contributed by atoms with van der Waals surface area (Å²) in [6.07, 6.45) is 6.99. The zero-order valence-corrected chi connectivity index (χ0v) is 12.2. The second-order valence-electron chi connectivity index (χ2n) is 5.57. The Kier molecular flexibility index (Phi) is 4.41. The number of hydrogen-bond donors (Lipinski definition) is 1. The molecule has 2 rings (SSSR count). The van der Waals surface area contributed by atoms with Gasteiger partial charge in [-0.25, -0.2) is 0 Å². The van der Waals surface area contributed by atoms with E-state index in [2.05, 4.69) is 49.1 Å². The number of benzene rings is 1. The first-order chi connectivity index (χ1) is 9.08. The van der Waals surface area contributed by atoms with Gasteiger partial charge in [-0.15, -0.1) is 0 Å². The highest BCUT2D eigenvalue weighted by Gasteiger charge is 2.17. The number of likely N-dealkylation sites (tertiary alicyclic amines) is 1. The first kappa shape index (κ1) is 13.9. The van der Waals surface area contributed by atoms with Crippen molar-refractivity contribution in [1.82, 2.24) is 4.90 Å². The summed E-state index contributed by atoms with van der Waals surface area (Å²) in [6.45, 7) is 8.28. The molecule has 0 aromatic heterocycles. The lowest BCUT2D eigenvalue weighted by Crippen LogP contribution is -2.36. The van der Waals surface area contributed by atoms with Gasteiger partial charge in [0, 0.05) is 13.1 Å². The van der Waals surface area contributed by atoms with E-state index < -0.39 is 0 Å². The Hall–Kier alpha value is -1.57. The molecule has 0 aliphatic carbocycles. The molecular formula is C17H24N2. The fourth-order valence-corrected chi connectivity index (χ4v) is 2.75. The van der Waals surface area contributed by atoms with Crippen molar-refractivity contribution in [3.05, 3.63) is 41.0 Å². The fraction of sp³-hybridized carbons (Fsp3) is 0.471. The third-order valence-corrected chi connectivity index (χ3v) is 4.09. The van der Waals surface area contributed by atoms with Crippen LogP contribution in [0.4, 0.5) is 0 Å². The number of nitrogens with zero attached hydrogens (tertiary/aromatic N) is 1. The monoisotopic (exact) mass is 256 g/mol. The Morgan fingerprint density at radius 1 is 1.21 bits per heavy atom. The molecule has 1 fully saturated rings. The predicted octanol–water partition coefficient (Wildman–Crippen LogP) is 4.03. The van der Waals surface area contributed by atoms with Gasteiger partial charge in [0.05, 0.1) is 5.84 Å². The van der Waals surface area contributed by atoms with Crippen molar-refractivity contribution in [3.8, 4) is 0 Å². The SMILES string of the molecule is CC(=N)N1CCC(C=Cc2c(C)cccc2C)CC1. The van der Waals surface area contributed by atoms with Gasteiger partial charge < -0.3 is 4.90 Å². The number of allylic oxidation sites excluding steroid dienone is 1. The minimum absolute atomic E-state index is 0.662. The van der Waals surface area contributed by atoms with Gasteiger partial charge in [-0.3, -0.25) is 5.41 Å². The first-order valence-corrected chi connectivity index (χ1v) is 7.12. The second-order valence-corrected chi connectivity index (χ2v) is 5.57. The molecule has 0 unspecified atom stereocenters. The van der Waals surface area contributed by atoms with Gasteiger partial charge in [0.25, 0.3) is 0 Å². The van der Waals surface area contributed by atoms with Gasteiger partial charge in [0.15, 0.2) is 0 Å². The van der Waals surface area contributed by atoms with Crippen LogP contribution in [0.5, 0.6) is 0 Å². The Morgan fingerprint density at radius 2 is 1.79 bits per heavy atom. The Bertz CT molecular complexity index is 460. The van der Waals surface area contributed by atoms with Crippen LogP contribution < -0.4 is 0 Å². The van der Waals surface area contributed by atoms with Crippen LogP contribution >= 0.6 is 0 Å². The summed E-state index contributed by atoms with van der Waals surface area (Å²) in [5.74, 6) is 1.37. The summed E-state index contributed by atoms with van der Waals surface area (Å²) in [4.78, 5) is 2.17. The van der Waals surface area contributed by atoms with Gasteiger partial charge in [-0.2, -0.15) is 0 Å². The van der Waals surface area contributed by atoms with E-state index in [1.165, 1.54) is 16.7 Å². The van der Waals surface area contributed by atoms with Crippen LogP contribution in [0.2, 0.25) is 0 Å². The summed E-state index contributed by atoms with van der Waals surface area (Å²) in [6, 6.07) is 6.47. The molecule has 0 radical (unpaired) electrons. The summed E-state index contributed by atoms with van der Waals surface area (Å²) in [7, 11) is 0. The Morgan fingerprint density at radius 3 is 2.32 bits per heavy atom. The average Bonchev–Trinajstić information content (AvgIpc) is 2.38. The van der Waals surface area contributed by atoms with E-state index in [9.17, 15) is 0 Å². The Balaban J connectivity index is 1.99. The molecule has 0 spiro atoms. The lowest BCUT2D eigenvalue weighted by molar-refractivity contribution is 0.296. The number of piperidine rings is 1. The fourth-order valence-electron chi connectivity index (χ4n) is 2.75. The van der Waals surface area contributed by atoms with E-state index in [0.29, 0.717) is 11.8 Å². The third-order valence-electron chi connectivity index (χ3n) is 4.09. The molecule has 2 nitrogen and oxygen atoms in total. The van der Waals surface area contributed by atoms with Crippen LogP contribution in [-0.2, 0) is 0 Å². The lowest BCUT2D eigenvalue weighted by atomic mass is 9.94. The van der Waals surface area contributed by atoms with E-state index in [4.69, 9.17) is 5.41 Å². The predicted molar refractivity (Wildman–Crippen MR) is 82.6 cm³/mol. The molecule has 2 heteroatoms. The molecule has 0 atom stereocenters. The third kappa shape index (κ3) is 3.46. The molecule has 0 amide bonds. The van der Waals surface area contributed by atoms with Gasteiger partial charge in [0.2, 0.25) is 0 Å². The number of nitrogens with one attached hydrogen (secondary N) is 1. The van der Waals surface area contributed by atoms with Crippen LogP contribution in [0.1, 0.15) is 36.5 Å². The standard InChI is InChI=1S/C17H24N2/c1-13-5-4-6-14(2)17(13)8-7-16-9-11-19(12-10-16)15(3)18/h4-8,16,18H,9-12H2,1-3H3. The molecule has 1 aliphatic rings. The molecule has 0 saturated carbocycles. The van der Waals surface area contributed by atoms with Crippen LogP contribution in [0.3, 0.4) is 0 Å². The smallest absolute Gasteiger partial charge is 0.0925 e. The van der Waals surface area contributed by atoms with Crippen LogP contribution in [-0.4, -0.2) is 23.8 Å². The minimum Gasteiger partial charge on any atom is -0.361 e. The zero-order chi connectivity index (χ0) is 13.8. The summed E-state index contributed by atoms with van der Waals surface area (Å²) >= 11 is 0. The summed E-state index contributed by atoms with van der Waals surface area (Å²) in [5.41, 5.74) is 4.07. The minimum atomic E-state index is 0.662. The molecule has 1 aromatic carbocycles. The average molecular weight is 256 g/mol. The highest BCUT2D eigenvalue weighted by molar-refractivity contribution is 5.76. The van der Waals surface area contributed by atoms with E-state index in [1.54, 1.807) is 0 Å². The van der Waals surface area contributed by atoms with Crippen molar-refractivity contribution in [2.24, 2.45) is 5.92 Å². The van der Waals surface area contributed by atoms with E-state index in [1.807, 2.05) is 6.92 Å². The number of aryl methyl sites for hydroxylation is 2. The van der Waals surface area contributed by atoms with Crippen molar-refractivity contribution in [3.63, 3.8) is 0 Å². The van der Waals surface area contributed by atoms with E-state index in [0.717, 1.165) is 25.9 Å². The topological polar surface area (TPSA) is 27.1 Å². The van der Waals surface area contributed by atoms with Gasteiger partial charge in [0.1, 0.15) is 0 Å². The molecule has 1 saturated heterocycles. The highest BCUT2D eigenvalue weighted by Crippen LogP contribution is 2.22. The van der Waals surface area contributed by atoms with Crippen molar-refractivity contribution in [1.29, 1.82) is 5.41 Å². The van der Waals surface area contributed by atoms with Crippen molar-refractivity contribution in [2.45, 2.75) is 33.6 Å². The van der Waals surface area contributed by atoms with Crippen molar-refractivity contribution in [2.75, 3.05) is 13.1 Å². The number of hydrogen-bond acceptors (Lipinski definition) is 1. The lowest BCUT2D eigenvalue weighted by Gasteiger charge is -2.31.